The number of benzene rings is 2. The van der Waals surface area contributed by atoms with Gasteiger partial charge in [-0.1, -0.05) is 36.4 Å². The number of rotatable bonds is 5. The third-order valence-corrected chi connectivity index (χ3v) is 3.31. The van der Waals surface area contributed by atoms with Crippen molar-refractivity contribution in [1.82, 2.24) is 5.48 Å². The molecule has 0 unspecified atom stereocenters. The summed E-state index contributed by atoms with van der Waals surface area (Å²) in [5.41, 5.74) is 3.50. The first-order chi connectivity index (χ1) is 9.24. The summed E-state index contributed by atoms with van der Waals surface area (Å²) in [6, 6.07) is 18.4. The molecule has 0 aliphatic heterocycles. The van der Waals surface area contributed by atoms with Crippen LogP contribution < -0.4 is 14.3 Å². The molecule has 0 radical (unpaired) electrons. The highest BCUT2D eigenvalue weighted by Gasteiger charge is 2.23. The second kappa shape index (κ2) is 6.63. The molecule has 6 heteroatoms. The summed E-state index contributed by atoms with van der Waals surface area (Å²) < 4.78 is 2.61. The van der Waals surface area contributed by atoms with E-state index in [0.29, 0.717) is 11.4 Å². The lowest BCUT2D eigenvalue weighted by Gasteiger charge is -2.32. The van der Waals surface area contributed by atoms with E-state index in [1.54, 1.807) is 0 Å². The van der Waals surface area contributed by atoms with Crippen molar-refractivity contribution in [2.45, 2.75) is 6.29 Å². The summed E-state index contributed by atoms with van der Waals surface area (Å²) in [4.78, 5) is 0. The molecule has 0 aromatic heterocycles. The van der Waals surface area contributed by atoms with Gasteiger partial charge in [-0.2, -0.15) is 5.48 Å². The average molecular weight is 298 g/mol. The number of hydroxylamine groups is 1. The third kappa shape index (κ3) is 3.30. The first-order valence-corrected chi connectivity index (χ1v) is 6.31. The standard InChI is InChI=1S/C13H13Cl2N3O/c14-17(11-7-3-1-4-8-11)13(16-19)18(15)12-9-5-2-6-10-12/h1-10,13,16,19H. The minimum atomic E-state index is -0.812. The first kappa shape index (κ1) is 14.0. The van der Waals surface area contributed by atoms with Gasteiger partial charge in [0.25, 0.3) is 0 Å². The highest BCUT2D eigenvalue weighted by Crippen LogP contribution is 2.25. The maximum Gasteiger partial charge on any atom is 0.207 e. The van der Waals surface area contributed by atoms with Gasteiger partial charge in [-0.25, -0.2) is 8.84 Å². The van der Waals surface area contributed by atoms with Crippen molar-refractivity contribution in [2.75, 3.05) is 8.84 Å². The number of nitrogens with one attached hydrogen (secondary N) is 1. The van der Waals surface area contributed by atoms with Gasteiger partial charge in [0.1, 0.15) is 0 Å². The molecule has 2 aromatic carbocycles. The predicted octanol–water partition coefficient (Wildman–Crippen LogP) is 3.57. The van der Waals surface area contributed by atoms with Crippen LogP contribution in [0.3, 0.4) is 0 Å². The molecule has 0 amide bonds. The van der Waals surface area contributed by atoms with Crippen molar-refractivity contribution in [3.8, 4) is 0 Å². The van der Waals surface area contributed by atoms with Gasteiger partial charge in [0.2, 0.25) is 6.29 Å². The highest BCUT2D eigenvalue weighted by atomic mass is 35.5. The Balaban J connectivity index is 2.20. The summed E-state index contributed by atoms with van der Waals surface area (Å²) in [5.74, 6) is 0. The van der Waals surface area contributed by atoms with Crippen LogP contribution in [-0.4, -0.2) is 11.5 Å². The van der Waals surface area contributed by atoms with Crippen LogP contribution in [0.25, 0.3) is 0 Å². The Morgan fingerprint density at radius 3 is 1.47 bits per heavy atom. The molecule has 0 saturated heterocycles. The molecule has 0 aliphatic rings. The number of anilines is 2. The summed E-state index contributed by atoms with van der Waals surface area (Å²) in [7, 11) is 0. The fraction of sp³-hybridized carbons (Fsp3) is 0.0769. The Bertz CT molecular complexity index is 452. The van der Waals surface area contributed by atoms with Crippen LogP contribution in [0.15, 0.2) is 60.7 Å². The van der Waals surface area contributed by atoms with E-state index in [1.165, 1.54) is 8.84 Å². The molecule has 0 heterocycles. The van der Waals surface area contributed by atoms with Gasteiger partial charge in [0, 0.05) is 23.6 Å². The lowest BCUT2D eigenvalue weighted by molar-refractivity contribution is 0.135. The molecule has 0 spiro atoms. The normalized spacial score (nSPS) is 10.5. The van der Waals surface area contributed by atoms with Gasteiger partial charge in [-0.05, 0) is 24.3 Å². The van der Waals surface area contributed by atoms with Crippen LogP contribution in [0.5, 0.6) is 0 Å². The number of hydrogen-bond donors (Lipinski definition) is 2. The maximum atomic E-state index is 9.29. The van der Waals surface area contributed by atoms with Crippen molar-refractivity contribution >= 4 is 34.9 Å². The van der Waals surface area contributed by atoms with E-state index in [-0.39, 0.29) is 0 Å². The minimum absolute atomic E-state index is 0.706. The van der Waals surface area contributed by atoms with Crippen molar-refractivity contribution in [2.24, 2.45) is 0 Å². The van der Waals surface area contributed by atoms with Gasteiger partial charge < -0.3 is 5.21 Å². The smallest absolute Gasteiger partial charge is 0.207 e. The second-order valence-corrected chi connectivity index (χ2v) is 4.52. The summed E-state index contributed by atoms with van der Waals surface area (Å²) in [5, 5.41) is 9.29. The van der Waals surface area contributed by atoms with E-state index in [0.717, 1.165) is 0 Å². The van der Waals surface area contributed by atoms with E-state index in [4.69, 9.17) is 23.6 Å². The zero-order valence-corrected chi connectivity index (χ0v) is 11.5. The van der Waals surface area contributed by atoms with E-state index in [2.05, 4.69) is 5.48 Å². The Morgan fingerprint density at radius 2 is 1.16 bits per heavy atom. The SMILES string of the molecule is ONC(N(Cl)c1ccccc1)N(Cl)c1ccccc1. The van der Waals surface area contributed by atoms with E-state index < -0.39 is 6.29 Å². The van der Waals surface area contributed by atoms with E-state index >= 15 is 0 Å². The molecular formula is C13H13Cl2N3O. The Labute approximate surface area is 122 Å². The van der Waals surface area contributed by atoms with Crippen LogP contribution in [-0.2, 0) is 0 Å². The largest absolute Gasteiger partial charge is 0.313 e. The lowest BCUT2D eigenvalue weighted by Crippen LogP contribution is -2.49. The molecule has 0 bridgehead atoms. The molecule has 2 N–H and O–H groups in total. The predicted molar refractivity (Wildman–Crippen MR) is 78.3 cm³/mol. The molecule has 0 fully saturated rings. The molecule has 100 valence electrons. The number of nitrogens with zero attached hydrogens (tertiary/aromatic N) is 2. The van der Waals surface area contributed by atoms with Crippen molar-refractivity contribution in [3.63, 3.8) is 0 Å². The quantitative estimate of drug-likeness (QED) is 0.503. The monoisotopic (exact) mass is 297 g/mol. The van der Waals surface area contributed by atoms with Gasteiger partial charge in [0.05, 0.1) is 11.4 Å². The molecular weight excluding hydrogens is 285 g/mol. The third-order valence-electron chi connectivity index (χ3n) is 2.55. The molecule has 0 saturated carbocycles. The first-order valence-electron chi connectivity index (χ1n) is 5.64. The molecule has 0 aliphatic carbocycles. The maximum absolute atomic E-state index is 9.29. The number of hydrogen-bond acceptors (Lipinski definition) is 4. The lowest BCUT2D eigenvalue weighted by atomic mass is 10.3. The van der Waals surface area contributed by atoms with Gasteiger partial charge in [-0.3, -0.25) is 0 Å². The second-order valence-electron chi connectivity index (χ2n) is 3.80. The van der Waals surface area contributed by atoms with Crippen molar-refractivity contribution < 1.29 is 5.21 Å². The van der Waals surface area contributed by atoms with Crippen molar-refractivity contribution in [3.05, 3.63) is 60.7 Å². The fourth-order valence-electron chi connectivity index (χ4n) is 1.61. The number of para-hydroxylation sites is 2. The zero-order chi connectivity index (χ0) is 13.7. The van der Waals surface area contributed by atoms with Crippen LogP contribution in [0.4, 0.5) is 11.4 Å². The van der Waals surface area contributed by atoms with Gasteiger partial charge >= 0.3 is 0 Å². The van der Waals surface area contributed by atoms with E-state index in [9.17, 15) is 5.21 Å². The Morgan fingerprint density at radius 1 is 0.789 bits per heavy atom. The molecule has 2 aromatic rings. The highest BCUT2D eigenvalue weighted by molar-refractivity contribution is 6.29. The fourth-order valence-corrected chi connectivity index (χ4v) is 2.15. The molecule has 2 rings (SSSR count). The number of halogens is 2. The molecule has 19 heavy (non-hydrogen) atoms. The van der Waals surface area contributed by atoms with Gasteiger partial charge in [0.15, 0.2) is 0 Å². The molecule has 4 nitrogen and oxygen atoms in total. The zero-order valence-electron chi connectivity index (χ0n) is 9.95. The summed E-state index contributed by atoms with van der Waals surface area (Å²) in [6.45, 7) is 0. The summed E-state index contributed by atoms with van der Waals surface area (Å²) >= 11 is 12.4. The Kier molecular flexibility index (Phi) is 4.87. The van der Waals surface area contributed by atoms with Crippen LogP contribution in [0, 0.1) is 0 Å². The minimum Gasteiger partial charge on any atom is -0.313 e. The topological polar surface area (TPSA) is 38.7 Å². The molecule has 0 atom stereocenters. The van der Waals surface area contributed by atoms with Crippen LogP contribution in [0.1, 0.15) is 0 Å². The van der Waals surface area contributed by atoms with Gasteiger partial charge in [-0.15, -0.1) is 0 Å². The average Bonchev–Trinajstić information content (AvgIpc) is 2.49. The Hall–Kier alpha value is -1.46. The van der Waals surface area contributed by atoms with Crippen LogP contribution in [0.2, 0.25) is 0 Å². The van der Waals surface area contributed by atoms with Crippen LogP contribution >= 0.6 is 23.6 Å². The van der Waals surface area contributed by atoms with E-state index in [1.807, 2.05) is 60.7 Å². The summed E-state index contributed by atoms with van der Waals surface area (Å²) in [6.07, 6.45) is -0.812. The van der Waals surface area contributed by atoms with Crippen molar-refractivity contribution in [1.29, 1.82) is 0 Å².